The van der Waals surface area contributed by atoms with Gasteiger partial charge in [-0.15, -0.1) is 0 Å². The quantitative estimate of drug-likeness (QED) is 0.720. The van der Waals surface area contributed by atoms with Gasteiger partial charge < -0.3 is 23.5 Å². The Bertz CT molecular complexity index is 905. The molecule has 114 valence electrons. The number of hydrogen-bond acceptors (Lipinski definition) is 7. The first-order valence-electron chi connectivity index (χ1n) is 7.01. The SMILES string of the molecule is c1cc2c(c(-c3nc(-c4ccc5c(c4)OCO5)no3)c1)OCO2. The average Bonchev–Trinajstić information content (AvgIpc) is 3.32. The van der Waals surface area contributed by atoms with Gasteiger partial charge in [0.05, 0.1) is 5.56 Å². The van der Waals surface area contributed by atoms with Crippen LogP contribution in [0.15, 0.2) is 40.9 Å². The summed E-state index contributed by atoms with van der Waals surface area (Å²) in [4.78, 5) is 4.44. The Morgan fingerprint density at radius 2 is 1.70 bits per heavy atom. The highest BCUT2D eigenvalue weighted by Crippen LogP contribution is 2.41. The van der Waals surface area contributed by atoms with Crippen LogP contribution in [0.1, 0.15) is 0 Å². The van der Waals surface area contributed by atoms with Crippen LogP contribution >= 0.6 is 0 Å². The highest BCUT2D eigenvalue weighted by Gasteiger charge is 2.23. The predicted octanol–water partition coefficient (Wildman–Crippen LogP) is 2.86. The molecule has 0 saturated carbocycles. The monoisotopic (exact) mass is 310 g/mol. The topological polar surface area (TPSA) is 75.8 Å². The second-order valence-corrected chi connectivity index (χ2v) is 5.03. The number of rotatable bonds is 2. The lowest BCUT2D eigenvalue weighted by molar-refractivity contribution is 0.173. The molecule has 2 aliphatic rings. The van der Waals surface area contributed by atoms with E-state index in [4.69, 9.17) is 23.5 Å². The largest absolute Gasteiger partial charge is 0.454 e. The summed E-state index contributed by atoms with van der Waals surface area (Å²) >= 11 is 0. The van der Waals surface area contributed by atoms with Gasteiger partial charge in [-0.1, -0.05) is 11.2 Å². The molecule has 0 saturated heterocycles. The van der Waals surface area contributed by atoms with Gasteiger partial charge in [0.25, 0.3) is 5.89 Å². The molecule has 0 fully saturated rings. The molecule has 23 heavy (non-hydrogen) atoms. The third-order valence-corrected chi connectivity index (χ3v) is 3.68. The fourth-order valence-electron chi connectivity index (χ4n) is 2.58. The molecule has 0 spiro atoms. The number of hydrogen-bond donors (Lipinski definition) is 0. The van der Waals surface area contributed by atoms with Crippen molar-refractivity contribution in [2.75, 3.05) is 13.6 Å². The van der Waals surface area contributed by atoms with Crippen LogP contribution in [0, 0.1) is 0 Å². The molecule has 2 aliphatic heterocycles. The van der Waals surface area contributed by atoms with Gasteiger partial charge in [-0.05, 0) is 30.3 Å². The summed E-state index contributed by atoms with van der Waals surface area (Å²) in [5, 5.41) is 4.03. The summed E-state index contributed by atoms with van der Waals surface area (Å²) in [6.45, 7) is 0.416. The smallest absolute Gasteiger partial charge is 0.262 e. The molecule has 0 unspecified atom stereocenters. The van der Waals surface area contributed by atoms with Crippen molar-refractivity contribution in [3.63, 3.8) is 0 Å². The zero-order chi connectivity index (χ0) is 15.2. The number of para-hydroxylation sites is 1. The lowest BCUT2D eigenvalue weighted by Gasteiger charge is -2.00. The minimum Gasteiger partial charge on any atom is -0.454 e. The molecule has 0 aliphatic carbocycles. The number of aromatic nitrogens is 2. The molecular formula is C16H10N2O5. The molecule has 0 atom stereocenters. The van der Waals surface area contributed by atoms with Crippen molar-refractivity contribution >= 4 is 0 Å². The van der Waals surface area contributed by atoms with Crippen LogP contribution in [0.2, 0.25) is 0 Å². The van der Waals surface area contributed by atoms with E-state index in [-0.39, 0.29) is 13.6 Å². The lowest BCUT2D eigenvalue weighted by atomic mass is 10.1. The molecule has 7 nitrogen and oxygen atoms in total. The zero-order valence-corrected chi connectivity index (χ0v) is 11.8. The van der Waals surface area contributed by atoms with Gasteiger partial charge in [-0.2, -0.15) is 4.98 Å². The van der Waals surface area contributed by atoms with E-state index in [1.54, 1.807) is 0 Å². The molecule has 0 N–H and O–H groups in total. The molecule has 7 heteroatoms. The Morgan fingerprint density at radius 1 is 0.826 bits per heavy atom. The van der Waals surface area contributed by atoms with Crippen molar-refractivity contribution in [3.8, 4) is 45.8 Å². The van der Waals surface area contributed by atoms with Gasteiger partial charge in [-0.25, -0.2) is 0 Å². The highest BCUT2D eigenvalue weighted by atomic mass is 16.7. The van der Waals surface area contributed by atoms with E-state index in [1.165, 1.54) is 0 Å². The first kappa shape index (κ1) is 12.3. The Hall–Kier alpha value is -3.22. The second kappa shape index (κ2) is 4.64. The molecule has 0 amide bonds. The fraction of sp³-hybridized carbons (Fsp3) is 0.125. The minimum atomic E-state index is 0.190. The summed E-state index contributed by atoms with van der Waals surface area (Å²) in [5.41, 5.74) is 1.49. The maximum Gasteiger partial charge on any atom is 0.262 e. The maximum atomic E-state index is 5.47. The molecule has 0 radical (unpaired) electrons. The molecular weight excluding hydrogens is 300 g/mol. The number of nitrogens with zero attached hydrogens (tertiary/aromatic N) is 2. The predicted molar refractivity (Wildman–Crippen MR) is 77.4 cm³/mol. The fourth-order valence-corrected chi connectivity index (χ4v) is 2.58. The second-order valence-electron chi connectivity index (χ2n) is 5.03. The van der Waals surface area contributed by atoms with Crippen molar-refractivity contribution in [2.45, 2.75) is 0 Å². The molecule has 1 aromatic heterocycles. The third kappa shape index (κ3) is 1.90. The first-order chi connectivity index (χ1) is 11.4. The number of ether oxygens (including phenoxy) is 4. The third-order valence-electron chi connectivity index (χ3n) is 3.68. The van der Waals surface area contributed by atoms with Crippen LogP contribution in [-0.2, 0) is 0 Å². The van der Waals surface area contributed by atoms with E-state index >= 15 is 0 Å². The van der Waals surface area contributed by atoms with Gasteiger partial charge in [0.15, 0.2) is 23.0 Å². The van der Waals surface area contributed by atoms with Gasteiger partial charge in [0, 0.05) is 5.56 Å². The van der Waals surface area contributed by atoms with Crippen LogP contribution < -0.4 is 18.9 Å². The number of fused-ring (bicyclic) bond motifs is 2. The van der Waals surface area contributed by atoms with Crippen LogP contribution in [0.3, 0.4) is 0 Å². The first-order valence-corrected chi connectivity index (χ1v) is 7.01. The maximum absolute atomic E-state index is 5.47. The Morgan fingerprint density at radius 3 is 2.70 bits per heavy atom. The van der Waals surface area contributed by atoms with Crippen molar-refractivity contribution < 1.29 is 23.5 Å². The lowest BCUT2D eigenvalue weighted by Crippen LogP contribution is -1.93. The standard InChI is InChI=1S/C16H10N2O5/c1-2-10(14-12(3-1)20-8-22-14)16-17-15(18-23-16)9-4-5-11-13(6-9)21-7-19-11/h1-6H,7-8H2. The molecule has 0 bridgehead atoms. The van der Waals surface area contributed by atoms with Crippen LogP contribution in [0.25, 0.3) is 22.8 Å². The molecule has 3 aromatic rings. The molecule has 3 heterocycles. The summed E-state index contributed by atoms with van der Waals surface area (Å²) in [7, 11) is 0. The van der Waals surface area contributed by atoms with Crippen molar-refractivity contribution in [3.05, 3.63) is 36.4 Å². The van der Waals surface area contributed by atoms with Gasteiger partial charge in [0.1, 0.15) is 0 Å². The van der Waals surface area contributed by atoms with E-state index in [0.717, 1.165) is 5.56 Å². The van der Waals surface area contributed by atoms with Crippen LogP contribution in [0.4, 0.5) is 0 Å². The van der Waals surface area contributed by atoms with E-state index < -0.39 is 0 Å². The van der Waals surface area contributed by atoms with Gasteiger partial charge in [-0.3, -0.25) is 0 Å². The normalized spacial score (nSPS) is 14.3. The molecule has 2 aromatic carbocycles. The van der Waals surface area contributed by atoms with Gasteiger partial charge >= 0.3 is 0 Å². The zero-order valence-electron chi connectivity index (χ0n) is 11.8. The van der Waals surface area contributed by atoms with E-state index in [9.17, 15) is 0 Å². The Kier molecular flexibility index (Phi) is 2.49. The summed E-state index contributed by atoms with van der Waals surface area (Å²) in [6, 6.07) is 11.0. The van der Waals surface area contributed by atoms with Crippen molar-refractivity contribution in [2.24, 2.45) is 0 Å². The minimum absolute atomic E-state index is 0.190. The van der Waals surface area contributed by atoms with Crippen LogP contribution in [-0.4, -0.2) is 23.7 Å². The van der Waals surface area contributed by atoms with Crippen molar-refractivity contribution in [1.29, 1.82) is 0 Å². The average molecular weight is 310 g/mol. The number of benzene rings is 2. The van der Waals surface area contributed by atoms with Crippen molar-refractivity contribution in [1.82, 2.24) is 10.1 Å². The summed E-state index contributed by atoms with van der Waals surface area (Å²) < 4.78 is 26.9. The highest BCUT2D eigenvalue weighted by molar-refractivity contribution is 5.70. The van der Waals surface area contributed by atoms with E-state index in [2.05, 4.69) is 10.1 Å². The van der Waals surface area contributed by atoms with Crippen LogP contribution in [0.5, 0.6) is 23.0 Å². The van der Waals surface area contributed by atoms with Gasteiger partial charge in [0.2, 0.25) is 19.4 Å². The Labute approximate surface area is 130 Å². The Balaban J connectivity index is 1.55. The molecule has 5 rings (SSSR count). The summed E-state index contributed by atoms with van der Waals surface area (Å²) in [6.07, 6.45) is 0. The van der Waals surface area contributed by atoms with E-state index in [1.807, 2.05) is 36.4 Å². The summed E-state index contributed by atoms with van der Waals surface area (Å²) in [5.74, 6) is 3.52. The van der Waals surface area contributed by atoms with E-state index in [0.29, 0.717) is 40.3 Å².